The van der Waals surface area contributed by atoms with Crippen molar-refractivity contribution >= 4 is 28.8 Å². The van der Waals surface area contributed by atoms with E-state index >= 15 is 0 Å². The number of carbonyl (C=O) groups is 1. The van der Waals surface area contributed by atoms with Crippen molar-refractivity contribution < 1.29 is 9.53 Å². The smallest absolute Gasteiger partial charge is 0.237 e. The van der Waals surface area contributed by atoms with Crippen molar-refractivity contribution in [1.29, 1.82) is 0 Å². The number of nitrogens with two attached hydrogens (primary N) is 1. The van der Waals surface area contributed by atoms with E-state index in [2.05, 4.69) is 10.4 Å². The zero-order valence-electron chi connectivity index (χ0n) is 12.2. The number of nitrogens with zero attached hydrogens (tertiary/aromatic N) is 2. The van der Waals surface area contributed by atoms with Crippen LogP contribution in [0, 0.1) is 5.41 Å². The van der Waals surface area contributed by atoms with E-state index in [1.165, 1.54) is 0 Å². The number of aromatic nitrogens is 2. The Balaban J connectivity index is 2.78. The molecule has 0 bridgehead atoms. The normalized spacial score (nSPS) is 11.3. The summed E-state index contributed by atoms with van der Waals surface area (Å²) < 4.78 is 6.68. The zero-order chi connectivity index (χ0) is 15.2. The van der Waals surface area contributed by atoms with Gasteiger partial charge in [0.05, 0.1) is 35.4 Å². The number of amides is 1. The zero-order valence-corrected chi connectivity index (χ0v) is 13.0. The molecule has 20 heavy (non-hydrogen) atoms. The predicted molar refractivity (Wildman–Crippen MR) is 82.5 cm³/mol. The van der Waals surface area contributed by atoms with E-state index in [1.54, 1.807) is 24.2 Å². The number of nitrogens with one attached hydrogen (secondary N) is 1. The summed E-state index contributed by atoms with van der Waals surface area (Å²) in [6.07, 6.45) is 4.50. The molecular formula is C13H22N4O2S. The molecule has 1 amide bonds. The highest BCUT2D eigenvalue weighted by Gasteiger charge is 2.38. The number of hydrogen-bond acceptors (Lipinski definition) is 4. The Morgan fingerprint density at radius 3 is 2.70 bits per heavy atom. The fourth-order valence-corrected chi connectivity index (χ4v) is 2.40. The molecule has 0 atom stereocenters. The largest absolute Gasteiger partial charge is 0.392 e. The summed E-state index contributed by atoms with van der Waals surface area (Å²) in [7, 11) is 1.63. The first-order valence-electron chi connectivity index (χ1n) is 6.63. The Morgan fingerprint density at radius 1 is 1.55 bits per heavy atom. The maximum atomic E-state index is 12.4. The van der Waals surface area contributed by atoms with Gasteiger partial charge in [-0.3, -0.25) is 9.48 Å². The highest BCUT2D eigenvalue weighted by molar-refractivity contribution is 7.80. The quantitative estimate of drug-likeness (QED) is 0.712. The minimum Gasteiger partial charge on any atom is -0.392 e. The van der Waals surface area contributed by atoms with Crippen molar-refractivity contribution in [2.24, 2.45) is 11.1 Å². The molecule has 0 aromatic carbocycles. The van der Waals surface area contributed by atoms with Gasteiger partial charge in [-0.25, -0.2) is 0 Å². The third-order valence-corrected chi connectivity index (χ3v) is 3.92. The molecule has 0 unspecified atom stereocenters. The second-order valence-electron chi connectivity index (χ2n) is 4.59. The van der Waals surface area contributed by atoms with E-state index in [4.69, 9.17) is 22.7 Å². The van der Waals surface area contributed by atoms with Gasteiger partial charge in [-0.1, -0.05) is 26.1 Å². The second kappa shape index (κ2) is 7.35. The lowest BCUT2D eigenvalue weighted by atomic mass is 9.81. The lowest BCUT2D eigenvalue weighted by molar-refractivity contribution is -0.122. The van der Waals surface area contributed by atoms with Gasteiger partial charge < -0.3 is 15.8 Å². The van der Waals surface area contributed by atoms with Crippen LogP contribution in [0.4, 0.5) is 5.69 Å². The number of ether oxygens (including phenoxy) is 1. The fourth-order valence-electron chi connectivity index (χ4n) is 2.02. The number of methoxy groups -OCH3 is 1. The number of anilines is 1. The van der Waals surface area contributed by atoms with Crippen LogP contribution in [0.5, 0.6) is 0 Å². The van der Waals surface area contributed by atoms with Gasteiger partial charge in [-0.2, -0.15) is 5.10 Å². The van der Waals surface area contributed by atoms with E-state index in [-0.39, 0.29) is 10.9 Å². The summed E-state index contributed by atoms with van der Waals surface area (Å²) in [6, 6.07) is 0. The lowest BCUT2D eigenvalue weighted by Gasteiger charge is -2.28. The van der Waals surface area contributed by atoms with Crippen molar-refractivity contribution in [2.45, 2.75) is 33.2 Å². The van der Waals surface area contributed by atoms with Gasteiger partial charge >= 0.3 is 0 Å². The first-order valence-corrected chi connectivity index (χ1v) is 7.03. The molecule has 1 heterocycles. The molecular weight excluding hydrogens is 276 g/mol. The summed E-state index contributed by atoms with van der Waals surface area (Å²) in [5.41, 5.74) is 5.58. The molecule has 1 rings (SSSR count). The van der Waals surface area contributed by atoms with E-state index in [9.17, 15) is 4.79 Å². The number of carbonyl (C=O) groups excluding carboxylic acids is 1. The molecule has 0 spiro atoms. The van der Waals surface area contributed by atoms with Crippen LogP contribution in [-0.4, -0.2) is 34.4 Å². The molecule has 6 nitrogen and oxygen atoms in total. The summed E-state index contributed by atoms with van der Waals surface area (Å²) in [5.74, 6) is -0.179. The third kappa shape index (κ3) is 3.55. The molecule has 0 aliphatic rings. The van der Waals surface area contributed by atoms with Crippen LogP contribution < -0.4 is 11.1 Å². The van der Waals surface area contributed by atoms with Crippen LogP contribution in [-0.2, 0) is 16.1 Å². The Labute approximate surface area is 124 Å². The summed E-state index contributed by atoms with van der Waals surface area (Å²) in [4.78, 5) is 12.6. The Hall–Kier alpha value is -1.47. The van der Waals surface area contributed by atoms with Gasteiger partial charge in [0, 0.05) is 13.3 Å². The average Bonchev–Trinajstić information content (AvgIpc) is 2.85. The van der Waals surface area contributed by atoms with Crippen molar-refractivity contribution in [2.75, 3.05) is 19.0 Å². The molecule has 0 aliphatic heterocycles. The predicted octanol–water partition coefficient (Wildman–Crippen LogP) is 1.56. The van der Waals surface area contributed by atoms with Crippen LogP contribution in [0.1, 0.15) is 26.7 Å². The Bertz CT molecular complexity index is 469. The van der Waals surface area contributed by atoms with E-state index in [0.29, 0.717) is 31.7 Å². The van der Waals surface area contributed by atoms with Gasteiger partial charge in [0.1, 0.15) is 0 Å². The molecule has 0 saturated carbocycles. The molecule has 0 fully saturated rings. The molecule has 0 aliphatic carbocycles. The minimum atomic E-state index is -0.802. The van der Waals surface area contributed by atoms with Crippen LogP contribution in [0.3, 0.4) is 0 Å². The van der Waals surface area contributed by atoms with Gasteiger partial charge in [0.25, 0.3) is 0 Å². The minimum absolute atomic E-state index is 0.179. The average molecular weight is 298 g/mol. The van der Waals surface area contributed by atoms with Crippen LogP contribution in [0.25, 0.3) is 0 Å². The summed E-state index contributed by atoms with van der Waals surface area (Å²) in [5, 5.41) is 6.98. The fraction of sp³-hybridized carbons (Fsp3) is 0.615. The Morgan fingerprint density at radius 2 is 2.20 bits per heavy atom. The Kier molecular flexibility index (Phi) is 6.09. The molecule has 1 aromatic heterocycles. The summed E-state index contributed by atoms with van der Waals surface area (Å²) >= 11 is 5.06. The topological polar surface area (TPSA) is 82.2 Å². The number of rotatable bonds is 8. The van der Waals surface area contributed by atoms with Crippen LogP contribution in [0.2, 0.25) is 0 Å². The first-order chi connectivity index (χ1) is 9.50. The molecule has 0 radical (unpaired) electrons. The van der Waals surface area contributed by atoms with Gasteiger partial charge in [-0.05, 0) is 12.8 Å². The maximum absolute atomic E-state index is 12.4. The number of hydrogen-bond donors (Lipinski definition) is 2. The second-order valence-corrected chi connectivity index (χ2v) is 5.03. The van der Waals surface area contributed by atoms with Gasteiger partial charge in [-0.15, -0.1) is 0 Å². The third-order valence-electron chi connectivity index (χ3n) is 3.53. The standard InChI is InChI=1S/C13H22N4O2S/c1-4-13(5-2,11(14)20)12(18)16-10-8-15-17(9-10)6-7-19-3/h8-9H,4-7H2,1-3H3,(H2,14,20)(H,16,18). The van der Waals surface area contributed by atoms with E-state index in [1.807, 2.05) is 13.8 Å². The monoisotopic (exact) mass is 298 g/mol. The highest BCUT2D eigenvalue weighted by atomic mass is 32.1. The molecule has 0 saturated heterocycles. The van der Waals surface area contributed by atoms with Crippen LogP contribution >= 0.6 is 12.2 Å². The van der Waals surface area contributed by atoms with Crippen LogP contribution in [0.15, 0.2) is 12.4 Å². The SMILES string of the molecule is CCC(CC)(C(=O)Nc1cnn(CCOC)c1)C(N)=S. The van der Waals surface area contributed by atoms with Crippen molar-refractivity contribution in [3.8, 4) is 0 Å². The molecule has 3 N–H and O–H groups in total. The van der Waals surface area contributed by atoms with Gasteiger partial charge in [0.2, 0.25) is 5.91 Å². The van der Waals surface area contributed by atoms with Gasteiger partial charge in [0.15, 0.2) is 0 Å². The van der Waals surface area contributed by atoms with Crippen molar-refractivity contribution in [3.63, 3.8) is 0 Å². The highest BCUT2D eigenvalue weighted by Crippen LogP contribution is 2.28. The maximum Gasteiger partial charge on any atom is 0.237 e. The summed E-state index contributed by atoms with van der Waals surface area (Å²) in [6.45, 7) is 5.01. The lowest BCUT2D eigenvalue weighted by Crippen LogP contribution is -2.45. The van der Waals surface area contributed by atoms with Crippen molar-refractivity contribution in [3.05, 3.63) is 12.4 Å². The molecule has 1 aromatic rings. The first kappa shape index (κ1) is 16.6. The van der Waals surface area contributed by atoms with E-state index < -0.39 is 5.41 Å². The molecule has 112 valence electrons. The number of thiocarbonyl (C=S) groups is 1. The van der Waals surface area contributed by atoms with E-state index in [0.717, 1.165) is 0 Å². The van der Waals surface area contributed by atoms with Crippen molar-refractivity contribution in [1.82, 2.24) is 9.78 Å². The molecule has 7 heteroatoms.